The first-order chi connectivity index (χ1) is 8.26. The number of likely N-dealkylation sites (N-methyl/N-ethyl adjacent to an activating group) is 1. The number of aliphatic hydroxyl groups excluding tert-OH is 1. The summed E-state index contributed by atoms with van der Waals surface area (Å²) in [5.41, 5.74) is 3.33. The first kappa shape index (κ1) is 12.0. The van der Waals surface area contributed by atoms with Gasteiger partial charge in [-0.05, 0) is 25.1 Å². The first-order valence-corrected chi connectivity index (χ1v) is 6.37. The van der Waals surface area contributed by atoms with Crippen molar-refractivity contribution in [2.24, 2.45) is 0 Å². The number of aliphatic hydroxyl groups is 1. The number of carbonyl (C=O) groups is 1. The molecule has 90 valence electrons. The molecule has 0 fully saturated rings. The number of aromatic nitrogens is 1. The molecule has 0 bridgehead atoms. The molecule has 1 aromatic heterocycles. The SMILES string of the molecule is CCN(CCO)C(=O)c1ccc2ncsc2c1. The minimum atomic E-state index is -0.0446. The third kappa shape index (κ3) is 2.45. The Balaban J connectivity index is 2.28. The second-order valence-corrected chi connectivity index (χ2v) is 4.53. The zero-order valence-electron chi connectivity index (χ0n) is 9.59. The van der Waals surface area contributed by atoms with E-state index in [1.165, 1.54) is 11.3 Å². The molecule has 2 rings (SSSR count). The molecule has 5 heteroatoms. The molecule has 0 aliphatic carbocycles. The van der Waals surface area contributed by atoms with Crippen LogP contribution in [0.5, 0.6) is 0 Å². The van der Waals surface area contributed by atoms with E-state index in [4.69, 9.17) is 5.11 Å². The summed E-state index contributed by atoms with van der Waals surface area (Å²) in [5, 5.41) is 8.90. The standard InChI is InChI=1S/C12H14N2O2S/c1-2-14(5-6-15)12(16)9-3-4-10-11(7-9)17-8-13-10/h3-4,7-8,15H,2,5-6H2,1H3. The fourth-order valence-electron chi connectivity index (χ4n) is 1.69. The highest BCUT2D eigenvalue weighted by Gasteiger charge is 2.14. The average Bonchev–Trinajstić information content (AvgIpc) is 2.82. The van der Waals surface area contributed by atoms with Crippen molar-refractivity contribution >= 4 is 27.5 Å². The summed E-state index contributed by atoms with van der Waals surface area (Å²) < 4.78 is 1.01. The van der Waals surface area contributed by atoms with Crippen molar-refractivity contribution in [1.29, 1.82) is 0 Å². The Morgan fingerprint density at radius 3 is 3.06 bits per heavy atom. The van der Waals surface area contributed by atoms with Crippen LogP contribution < -0.4 is 0 Å². The number of fused-ring (bicyclic) bond motifs is 1. The molecule has 4 nitrogen and oxygen atoms in total. The molecule has 0 spiro atoms. The van der Waals surface area contributed by atoms with Crippen LogP contribution in [0.3, 0.4) is 0 Å². The van der Waals surface area contributed by atoms with E-state index < -0.39 is 0 Å². The van der Waals surface area contributed by atoms with Crippen molar-refractivity contribution in [2.45, 2.75) is 6.92 Å². The van der Waals surface area contributed by atoms with Crippen LogP contribution >= 0.6 is 11.3 Å². The fraction of sp³-hybridized carbons (Fsp3) is 0.333. The minimum Gasteiger partial charge on any atom is -0.395 e. The number of thiazole rings is 1. The fourth-order valence-corrected chi connectivity index (χ4v) is 2.41. The van der Waals surface area contributed by atoms with E-state index in [-0.39, 0.29) is 12.5 Å². The zero-order chi connectivity index (χ0) is 12.3. The summed E-state index contributed by atoms with van der Waals surface area (Å²) >= 11 is 1.52. The third-order valence-electron chi connectivity index (χ3n) is 2.62. The molecule has 0 saturated carbocycles. The molecule has 1 heterocycles. The van der Waals surface area contributed by atoms with E-state index in [9.17, 15) is 4.79 Å². The van der Waals surface area contributed by atoms with Gasteiger partial charge in [0.1, 0.15) is 0 Å². The van der Waals surface area contributed by atoms with Gasteiger partial charge in [0.25, 0.3) is 5.91 Å². The minimum absolute atomic E-state index is 0.0115. The van der Waals surface area contributed by atoms with Gasteiger partial charge in [0.15, 0.2) is 0 Å². The highest BCUT2D eigenvalue weighted by molar-refractivity contribution is 7.16. The van der Waals surface area contributed by atoms with Gasteiger partial charge in [0.05, 0.1) is 22.3 Å². The first-order valence-electron chi connectivity index (χ1n) is 5.49. The zero-order valence-corrected chi connectivity index (χ0v) is 10.4. The van der Waals surface area contributed by atoms with E-state index in [2.05, 4.69) is 4.98 Å². The van der Waals surface area contributed by atoms with Crippen LogP contribution in [0.25, 0.3) is 10.2 Å². The number of carbonyl (C=O) groups excluding carboxylic acids is 1. The normalized spacial score (nSPS) is 10.7. The lowest BCUT2D eigenvalue weighted by Gasteiger charge is -2.19. The van der Waals surface area contributed by atoms with Crippen LogP contribution in [-0.2, 0) is 0 Å². The lowest BCUT2D eigenvalue weighted by Crippen LogP contribution is -2.33. The highest BCUT2D eigenvalue weighted by atomic mass is 32.1. The molecular weight excluding hydrogens is 236 g/mol. The molecule has 1 amide bonds. The molecule has 1 aromatic carbocycles. The van der Waals surface area contributed by atoms with Gasteiger partial charge in [-0.1, -0.05) is 0 Å². The molecule has 0 unspecified atom stereocenters. The van der Waals surface area contributed by atoms with Crippen molar-refractivity contribution in [3.8, 4) is 0 Å². The second-order valence-electron chi connectivity index (χ2n) is 3.64. The van der Waals surface area contributed by atoms with E-state index in [0.29, 0.717) is 18.7 Å². The maximum atomic E-state index is 12.1. The maximum absolute atomic E-state index is 12.1. The molecule has 0 atom stereocenters. The summed E-state index contributed by atoms with van der Waals surface area (Å²) in [4.78, 5) is 17.9. The molecule has 17 heavy (non-hydrogen) atoms. The third-order valence-corrected chi connectivity index (χ3v) is 3.41. The van der Waals surface area contributed by atoms with Crippen LogP contribution in [0.1, 0.15) is 17.3 Å². The summed E-state index contributed by atoms with van der Waals surface area (Å²) in [5.74, 6) is -0.0446. The summed E-state index contributed by atoms with van der Waals surface area (Å²) in [6.07, 6.45) is 0. The predicted molar refractivity (Wildman–Crippen MR) is 68.3 cm³/mol. The van der Waals surface area contributed by atoms with Crippen LogP contribution in [0.2, 0.25) is 0 Å². The molecule has 0 aliphatic heterocycles. The van der Waals surface area contributed by atoms with Gasteiger partial charge < -0.3 is 10.0 Å². The van der Waals surface area contributed by atoms with Gasteiger partial charge in [-0.2, -0.15) is 0 Å². The highest BCUT2D eigenvalue weighted by Crippen LogP contribution is 2.19. The Bertz CT molecular complexity index is 524. The Hall–Kier alpha value is -1.46. The van der Waals surface area contributed by atoms with Crippen LogP contribution in [0.4, 0.5) is 0 Å². The molecule has 0 radical (unpaired) electrons. The molecule has 0 saturated heterocycles. The monoisotopic (exact) mass is 250 g/mol. The Morgan fingerprint density at radius 2 is 2.35 bits per heavy atom. The smallest absolute Gasteiger partial charge is 0.253 e. The molecule has 1 N–H and O–H groups in total. The molecular formula is C12H14N2O2S. The van der Waals surface area contributed by atoms with E-state index in [1.54, 1.807) is 16.5 Å². The van der Waals surface area contributed by atoms with Gasteiger partial charge in [0.2, 0.25) is 0 Å². The van der Waals surface area contributed by atoms with Gasteiger partial charge in [-0.3, -0.25) is 4.79 Å². The number of hydrogen-bond donors (Lipinski definition) is 1. The Labute approximate surface area is 104 Å². The van der Waals surface area contributed by atoms with Crippen molar-refractivity contribution in [2.75, 3.05) is 19.7 Å². The number of hydrogen-bond acceptors (Lipinski definition) is 4. The van der Waals surface area contributed by atoms with Crippen LogP contribution in [-0.4, -0.2) is 40.6 Å². The summed E-state index contributed by atoms with van der Waals surface area (Å²) in [6.45, 7) is 2.86. The largest absolute Gasteiger partial charge is 0.395 e. The Kier molecular flexibility index (Phi) is 3.71. The maximum Gasteiger partial charge on any atom is 0.253 e. The van der Waals surface area contributed by atoms with Gasteiger partial charge in [0, 0.05) is 18.7 Å². The van der Waals surface area contributed by atoms with Crippen molar-refractivity contribution in [3.63, 3.8) is 0 Å². The number of benzene rings is 1. The van der Waals surface area contributed by atoms with Gasteiger partial charge >= 0.3 is 0 Å². The topological polar surface area (TPSA) is 53.4 Å². The summed E-state index contributed by atoms with van der Waals surface area (Å²) in [6, 6.07) is 5.49. The van der Waals surface area contributed by atoms with Crippen LogP contribution in [0, 0.1) is 0 Å². The predicted octanol–water partition coefficient (Wildman–Crippen LogP) is 1.75. The molecule has 2 aromatic rings. The quantitative estimate of drug-likeness (QED) is 0.899. The summed E-state index contributed by atoms with van der Waals surface area (Å²) in [7, 11) is 0. The van der Waals surface area contributed by atoms with Crippen molar-refractivity contribution in [3.05, 3.63) is 29.3 Å². The lowest BCUT2D eigenvalue weighted by atomic mass is 10.2. The second kappa shape index (κ2) is 5.25. The van der Waals surface area contributed by atoms with Crippen molar-refractivity contribution < 1.29 is 9.90 Å². The molecule has 0 aliphatic rings. The number of amides is 1. The lowest BCUT2D eigenvalue weighted by molar-refractivity contribution is 0.0732. The van der Waals surface area contributed by atoms with Gasteiger partial charge in [-0.25, -0.2) is 4.98 Å². The van der Waals surface area contributed by atoms with Gasteiger partial charge in [-0.15, -0.1) is 11.3 Å². The van der Waals surface area contributed by atoms with E-state index in [0.717, 1.165) is 10.2 Å². The number of nitrogens with zero attached hydrogens (tertiary/aromatic N) is 2. The Morgan fingerprint density at radius 1 is 1.53 bits per heavy atom. The average molecular weight is 250 g/mol. The van der Waals surface area contributed by atoms with Crippen molar-refractivity contribution in [1.82, 2.24) is 9.88 Å². The number of rotatable bonds is 4. The van der Waals surface area contributed by atoms with E-state index in [1.807, 2.05) is 19.1 Å². The van der Waals surface area contributed by atoms with E-state index >= 15 is 0 Å². The van der Waals surface area contributed by atoms with Crippen LogP contribution in [0.15, 0.2) is 23.7 Å².